The molecule has 0 aliphatic heterocycles. The van der Waals surface area contributed by atoms with Gasteiger partial charge >= 0.3 is 0 Å². The standard InChI is InChI=1S/C23H20N4O2S2/c1-16(28)24-18-11-9-17(10-12-18)21(29)15-31-23-26-25-22(14-20-8-5-13-30-20)27(23)19-6-3-2-4-7-19/h2-13H,14-15H2,1H3,(H,24,28). The van der Waals surface area contributed by atoms with Crippen molar-refractivity contribution in [3.8, 4) is 5.69 Å². The molecule has 0 unspecified atom stereocenters. The number of nitrogens with one attached hydrogen (secondary N) is 1. The molecule has 4 aromatic rings. The second-order valence-corrected chi connectivity index (χ2v) is 8.77. The Hall–Kier alpha value is -3.23. The minimum atomic E-state index is -0.145. The summed E-state index contributed by atoms with van der Waals surface area (Å²) in [6, 6.07) is 20.9. The molecule has 0 saturated carbocycles. The Balaban J connectivity index is 1.52. The maximum Gasteiger partial charge on any atom is 0.221 e. The summed E-state index contributed by atoms with van der Waals surface area (Å²) in [5.74, 6) is 0.919. The Morgan fingerprint density at radius 2 is 1.77 bits per heavy atom. The molecule has 1 N–H and O–H groups in total. The first-order valence-electron chi connectivity index (χ1n) is 9.66. The SMILES string of the molecule is CC(=O)Nc1ccc(C(=O)CSc2nnc(Cc3cccs3)n2-c2ccccc2)cc1. The maximum atomic E-state index is 12.7. The first-order valence-corrected chi connectivity index (χ1v) is 11.5. The molecular formula is C23H20N4O2S2. The molecule has 0 aliphatic rings. The number of benzene rings is 2. The third-order valence-electron chi connectivity index (χ3n) is 4.49. The lowest BCUT2D eigenvalue weighted by molar-refractivity contribution is -0.114. The Morgan fingerprint density at radius 3 is 2.45 bits per heavy atom. The number of amides is 1. The van der Waals surface area contributed by atoms with E-state index in [-0.39, 0.29) is 17.4 Å². The molecule has 2 heterocycles. The van der Waals surface area contributed by atoms with Crippen LogP contribution in [-0.2, 0) is 11.2 Å². The van der Waals surface area contributed by atoms with Gasteiger partial charge in [-0.3, -0.25) is 14.2 Å². The number of aromatic nitrogens is 3. The van der Waals surface area contributed by atoms with E-state index in [0.29, 0.717) is 22.8 Å². The fourth-order valence-electron chi connectivity index (χ4n) is 3.07. The summed E-state index contributed by atoms with van der Waals surface area (Å²) in [7, 11) is 0. The molecule has 2 aromatic heterocycles. The van der Waals surface area contributed by atoms with Crippen LogP contribution in [0.3, 0.4) is 0 Å². The number of hydrogen-bond acceptors (Lipinski definition) is 6. The second-order valence-electron chi connectivity index (χ2n) is 6.80. The number of rotatable bonds is 8. The molecule has 0 bridgehead atoms. The van der Waals surface area contributed by atoms with Crippen molar-refractivity contribution in [1.29, 1.82) is 0 Å². The summed E-state index contributed by atoms with van der Waals surface area (Å²) in [5, 5.41) is 14.2. The van der Waals surface area contributed by atoms with Gasteiger partial charge < -0.3 is 5.32 Å². The van der Waals surface area contributed by atoms with E-state index in [0.717, 1.165) is 11.5 Å². The summed E-state index contributed by atoms with van der Waals surface area (Å²) < 4.78 is 2.01. The van der Waals surface area contributed by atoms with Crippen LogP contribution in [0.25, 0.3) is 5.69 Å². The first-order chi connectivity index (χ1) is 15.1. The van der Waals surface area contributed by atoms with Crippen molar-refractivity contribution in [1.82, 2.24) is 14.8 Å². The van der Waals surface area contributed by atoms with E-state index in [1.807, 2.05) is 46.3 Å². The van der Waals surface area contributed by atoms with Crippen molar-refractivity contribution in [2.45, 2.75) is 18.5 Å². The number of anilines is 1. The molecule has 0 radical (unpaired) electrons. The molecule has 0 spiro atoms. The highest BCUT2D eigenvalue weighted by molar-refractivity contribution is 7.99. The Kier molecular flexibility index (Phi) is 6.59. The minimum absolute atomic E-state index is 0.0122. The van der Waals surface area contributed by atoms with Gasteiger partial charge in [-0.15, -0.1) is 21.5 Å². The van der Waals surface area contributed by atoms with Gasteiger partial charge in [0, 0.05) is 35.2 Å². The fraction of sp³-hybridized carbons (Fsp3) is 0.130. The van der Waals surface area contributed by atoms with E-state index >= 15 is 0 Å². The van der Waals surface area contributed by atoms with E-state index in [2.05, 4.69) is 21.6 Å². The normalized spacial score (nSPS) is 10.7. The molecule has 8 heteroatoms. The van der Waals surface area contributed by atoms with Crippen molar-refractivity contribution in [2.75, 3.05) is 11.1 Å². The number of hydrogen-bond donors (Lipinski definition) is 1. The lowest BCUT2D eigenvalue weighted by Crippen LogP contribution is -2.08. The van der Waals surface area contributed by atoms with Gasteiger partial charge in [-0.2, -0.15) is 0 Å². The highest BCUT2D eigenvalue weighted by Gasteiger charge is 2.17. The van der Waals surface area contributed by atoms with E-state index in [1.54, 1.807) is 35.6 Å². The maximum absolute atomic E-state index is 12.7. The predicted octanol–water partition coefficient (Wildman–Crippen LogP) is 4.85. The van der Waals surface area contributed by atoms with Gasteiger partial charge in [-0.25, -0.2) is 0 Å². The fourth-order valence-corrected chi connectivity index (χ4v) is 4.64. The van der Waals surface area contributed by atoms with Crippen molar-refractivity contribution in [3.63, 3.8) is 0 Å². The van der Waals surface area contributed by atoms with E-state index in [1.165, 1.54) is 23.6 Å². The largest absolute Gasteiger partial charge is 0.326 e. The molecule has 1 amide bonds. The van der Waals surface area contributed by atoms with E-state index in [4.69, 9.17) is 0 Å². The summed E-state index contributed by atoms with van der Waals surface area (Å²) in [4.78, 5) is 25.0. The number of Topliss-reactive ketones (excluding diaryl/α,β-unsaturated/α-hetero) is 1. The van der Waals surface area contributed by atoms with Crippen LogP contribution in [-0.4, -0.2) is 32.2 Å². The smallest absolute Gasteiger partial charge is 0.221 e. The van der Waals surface area contributed by atoms with Crippen LogP contribution < -0.4 is 5.32 Å². The lowest BCUT2D eigenvalue weighted by Gasteiger charge is -2.10. The highest BCUT2D eigenvalue weighted by atomic mass is 32.2. The monoisotopic (exact) mass is 448 g/mol. The van der Waals surface area contributed by atoms with E-state index in [9.17, 15) is 9.59 Å². The lowest BCUT2D eigenvalue weighted by atomic mass is 10.1. The van der Waals surface area contributed by atoms with Gasteiger partial charge in [0.25, 0.3) is 0 Å². The van der Waals surface area contributed by atoms with Crippen LogP contribution in [0.15, 0.2) is 77.3 Å². The number of thiophene rings is 1. The van der Waals surface area contributed by atoms with Gasteiger partial charge in [0.2, 0.25) is 5.91 Å². The van der Waals surface area contributed by atoms with E-state index < -0.39 is 0 Å². The number of carbonyl (C=O) groups is 2. The van der Waals surface area contributed by atoms with Crippen LogP contribution in [0, 0.1) is 0 Å². The number of para-hydroxylation sites is 1. The van der Waals surface area contributed by atoms with Crippen molar-refractivity contribution in [3.05, 3.63) is 88.4 Å². The van der Waals surface area contributed by atoms with Crippen molar-refractivity contribution < 1.29 is 9.59 Å². The molecule has 4 rings (SSSR count). The molecule has 0 atom stereocenters. The highest BCUT2D eigenvalue weighted by Crippen LogP contribution is 2.25. The zero-order valence-corrected chi connectivity index (χ0v) is 18.5. The molecular weight excluding hydrogens is 428 g/mol. The molecule has 0 saturated heterocycles. The molecule has 156 valence electrons. The molecule has 6 nitrogen and oxygen atoms in total. The van der Waals surface area contributed by atoms with Gasteiger partial charge in [-0.1, -0.05) is 36.0 Å². The van der Waals surface area contributed by atoms with Gasteiger partial charge in [0.15, 0.2) is 10.9 Å². The summed E-state index contributed by atoms with van der Waals surface area (Å²) in [6.45, 7) is 1.45. The van der Waals surface area contributed by atoms with Crippen LogP contribution >= 0.6 is 23.1 Å². The average Bonchev–Trinajstić information content (AvgIpc) is 3.43. The topological polar surface area (TPSA) is 76.9 Å². The number of nitrogens with zero attached hydrogens (tertiary/aromatic N) is 3. The Labute approximate surface area is 188 Å². The minimum Gasteiger partial charge on any atom is -0.326 e. The summed E-state index contributed by atoms with van der Waals surface area (Å²) in [6.07, 6.45) is 0.679. The second kappa shape index (κ2) is 9.72. The summed E-state index contributed by atoms with van der Waals surface area (Å²) in [5.41, 5.74) is 2.22. The first kappa shape index (κ1) is 21.0. The van der Waals surface area contributed by atoms with Crippen LogP contribution in [0.2, 0.25) is 0 Å². The molecule has 0 fully saturated rings. The Morgan fingerprint density at radius 1 is 1.00 bits per heavy atom. The Bertz CT molecular complexity index is 1170. The van der Waals surface area contributed by atoms with Crippen LogP contribution in [0.4, 0.5) is 5.69 Å². The zero-order chi connectivity index (χ0) is 21.6. The zero-order valence-electron chi connectivity index (χ0n) is 16.8. The van der Waals surface area contributed by atoms with Crippen molar-refractivity contribution >= 4 is 40.5 Å². The molecule has 2 aromatic carbocycles. The van der Waals surface area contributed by atoms with Gasteiger partial charge in [-0.05, 0) is 47.8 Å². The van der Waals surface area contributed by atoms with Crippen LogP contribution in [0.5, 0.6) is 0 Å². The number of ketones is 1. The predicted molar refractivity (Wildman–Crippen MR) is 124 cm³/mol. The quantitative estimate of drug-likeness (QED) is 0.308. The van der Waals surface area contributed by atoms with Gasteiger partial charge in [0.1, 0.15) is 5.82 Å². The average molecular weight is 449 g/mol. The third kappa shape index (κ3) is 5.28. The van der Waals surface area contributed by atoms with Gasteiger partial charge in [0.05, 0.1) is 5.75 Å². The number of carbonyl (C=O) groups excluding carboxylic acids is 2. The van der Waals surface area contributed by atoms with Crippen molar-refractivity contribution in [2.24, 2.45) is 0 Å². The van der Waals surface area contributed by atoms with Crippen LogP contribution in [0.1, 0.15) is 28.0 Å². The third-order valence-corrected chi connectivity index (χ3v) is 6.29. The number of thioether (sulfide) groups is 1. The summed E-state index contributed by atoms with van der Waals surface area (Å²) >= 11 is 3.05. The molecule has 0 aliphatic carbocycles. The molecule has 31 heavy (non-hydrogen) atoms.